The summed E-state index contributed by atoms with van der Waals surface area (Å²) in [6.07, 6.45) is -0.0427. The zero-order valence-electron chi connectivity index (χ0n) is 14.6. The Bertz CT molecular complexity index is 995. The Labute approximate surface area is 172 Å². The van der Waals surface area contributed by atoms with Gasteiger partial charge in [-0.3, -0.25) is 4.79 Å². The predicted octanol–water partition coefficient (Wildman–Crippen LogP) is 3.33. The molecule has 3 rings (SSSR count). The van der Waals surface area contributed by atoms with Gasteiger partial charge in [0.05, 0.1) is 19.6 Å². The van der Waals surface area contributed by atoms with Crippen molar-refractivity contribution < 1.29 is 22.3 Å². The number of halogens is 3. The Morgan fingerprint density at radius 2 is 1.86 bits per heavy atom. The van der Waals surface area contributed by atoms with Crippen LogP contribution < -0.4 is 5.32 Å². The molecule has 6 nitrogen and oxygen atoms in total. The predicted molar refractivity (Wildman–Crippen MR) is 105 cm³/mol. The van der Waals surface area contributed by atoms with Crippen molar-refractivity contribution in [2.24, 2.45) is 0 Å². The molecule has 1 aliphatic rings. The van der Waals surface area contributed by atoms with E-state index in [1.54, 1.807) is 12.1 Å². The van der Waals surface area contributed by atoms with E-state index >= 15 is 0 Å². The highest BCUT2D eigenvalue weighted by atomic mass is 35.5. The molecule has 0 bridgehead atoms. The van der Waals surface area contributed by atoms with Gasteiger partial charge in [-0.2, -0.15) is 4.31 Å². The van der Waals surface area contributed by atoms with E-state index in [2.05, 4.69) is 5.32 Å². The zero-order chi connectivity index (χ0) is 20.3. The lowest BCUT2D eigenvalue weighted by Crippen LogP contribution is -2.40. The number of anilines is 1. The van der Waals surface area contributed by atoms with Crippen LogP contribution in [0.4, 0.5) is 10.1 Å². The molecule has 0 saturated carbocycles. The highest BCUT2D eigenvalue weighted by Crippen LogP contribution is 2.25. The molecule has 0 aliphatic carbocycles. The first-order chi connectivity index (χ1) is 13.3. The Morgan fingerprint density at radius 1 is 1.14 bits per heavy atom. The molecule has 150 valence electrons. The first kappa shape index (κ1) is 21.0. The number of hydrogen-bond acceptors (Lipinski definition) is 4. The second-order valence-electron chi connectivity index (χ2n) is 6.12. The Morgan fingerprint density at radius 3 is 2.54 bits per heavy atom. The molecule has 10 heteroatoms. The van der Waals surface area contributed by atoms with E-state index in [1.807, 2.05) is 0 Å². The van der Waals surface area contributed by atoms with Crippen molar-refractivity contribution in [3.63, 3.8) is 0 Å². The Balaban J connectivity index is 1.78. The summed E-state index contributed by atoms with van der Waals surface area (Å²) in [4.78, 5) is 11.8. The maximum absolute atomic E-state index is 14.2. The van der Waals surface area contributed by atoms with Crippen molar-refractivity contribution in [1.29, 1.82) is 0 Å². The molecule has 1 amide bonds. The van der Waals surface area contributed by atoms with Crippen LogP contribution in [-0.4, -0.2) is 44.9 Å². The number of morpholine rings is 1. The molecule has 1 saturated heterocycles. The van der Waals surface area contributed by atoms with Crippen molar-refractivity contribution in [1.82, 2.24) is 4.31 Å². The number of nitrogens with zero attached hydrogens (tertiary/aromatic N) is 1. The normalized spacial score (nSPS) is 15.4. The number of amides is 1. The lowest BCUT2D eigenvalue weighted by atomic mass is 10.1. The van der Waals surface area contributed by atoms with Crippen molar-refractivity contribution in [2.75, 3.05) is 31.6 Å². The molecule has 1 fully saturated rings. The molecule has 1 N–H and O–H groups in total. The van der Waals surface area contributed by atoms with E-state index in [-0.39, 0.29) is 38.4 Å². The van der Waals surface area contributed by atoms with Crippen molar-refractivity contribution in [3.8, 4) is 0 Å². The second kappa shape index (κ2) is 8.75. The van der Waals surface area contributed by atoms with Crippen molar-refractivity contribution >= 4 is 44.8 Å². The fourth-order valence-electron chi connectivity index (χ4n) is 2.75. The summed E-state index contributed by atoms with van der Waals surface area (Å²) < 4.78 is 45.9. The molecule has 0 radical (unpaired) electrons. The van der Waals surface area contributed by atoms with Crippen LogP contribution in [-0.2, 0) is 26.0 Å². The zero-order valence-corrected chi connectivity index (χ0v) is 17.0. The first-order valence-electron chi connectivity index (χ1n) is 8.38. The molecular weight excluding hydrogens is 430 g/mol. The van der Waals surface area contributed by atoms with Gasteiger partial charge in [0.2, 0.25) is 15.9 Å². The third-order valence-electron chi connectivity index (χ3n) is 4.17. The van der Waals surface area contributed by atoms with Crippen LogP contribution in [0.2, 0.25) is 10.0 Å². The molecule has 2 aromatic rings. The largest absolute Gasteiger partial charge is 0.379 e. The van der Waals surface area contributed by atoms with E-state index in [9.17, 15) is 17.6 Å². The highest BCUT2D eigenvalue weighted by molar-refractivity contribution is 7.89. The van der Waals surface area contributed by atoms with Crippen LogP contribution in [0.25, 0.3) is 0 Å². The summed E-state index contributed by atoms with van der Waals surface area (Å²) in [5.74, 6) is -1.31. The summed E-state index contributed by atoms with van der Waals surface area (Å²) in [7, 11) is -4.03. The van der Waals surface area contributed by atoms with E-state index in [4.69, 9.17) is 27.9 Å². The van der Waals surface area contributed by atoms with Crippen molar-refractivity contribution in [2.45, 2.75) is 11.3 Å². The SMILES string of the molecule is O=C(Cc1ccc(Cl)cc1Cl)Nc1ccc(F)c(S(=O)(=O)N2CCOCC2)c1. The van der Waals surface area contributed by atoms with Gasteiger partial charge in [-0.05, 0) is 35.9 Å². The Hall–Kier alpha value is -1.71. The van der Waals surface area contributed by atoms with Crippen LogP contribution in [0.5, 0.6) is 0 Å². The third kappa shape index (κ3) is 4.82. The van der Waals surface area contributed by atoms with Gasteiger partial charge in [-0.1, -0.05) is 29.3 Å². The number of hydrogen-bond donors (Lipinski definition) is 1. The average molecular weight is 447 g/mol. The van der Waals surface area contributed by atoms with E-state index in [0.717, 1.165) is 16.4 Å². The first-order valence-corrected chi connectivity index (χ1v) is 10.6. The maximum Gasteiger partial charge on any atom is 0.246 e. The number of sulfonamides is 1. The van der Waals surface area contributed by atoms with Gasteiger partial charge in [0, 0.05) is 28.8 Å². The number of nitrogens with one attached hydrogen (secondary N) is 1. The minimum Gasteiger partial charge on any atom is -0.379 e. The molecule has 1 aliphatic heterocycles. The molecule has 0 spiro atoms. The fraction of sp³-hybridized carbons (Fsp3) is 0.278. The van der Waals surface area contributed by atoms with E-state index < -0.39 is 26.6 Å². The third-order valence-corrected chi connectivity index (χ3v) is 6.67. The number of ether oxygens (including phenoxy) is 1. The standard InChI is InChI=1S/C18H17Cl2FN2O4S/c19-13-2-1-12(15(20)10-13)9-18(24)22-14-3-4-16(21)17(11-14)28(25,26)23-5-7-27-8-6-23/h1-4,10-11H,5-9H2,(H,22,24). The number of benzene rings is 2. The Kier molecular flexibility index (Phi) is 6.57. The molecule has 2 aromatic carbocycles. The minimum absolute atomic E-state index is 0.0427. The molecule has 28 heavy (non-hydrogen) atoms. The summed E-state index contributed by atoms with van der Waals surface area (Å²) in [6, 6.07) is 8.19. The van der Waals surface area contributed by atoms with Crippen LogP contribution in [0.3, 0.4) is 0 Å². The fourth-order valence-corrected chi connectivity index (χ4v) is 4.72. The summed E-state index contributed by atoms with van der Waals surface area (Å²) in [5.41, 5.74) is 0.732. The van der Waals surface area contributed by atoms with Crippen LogP contribution >= 0.6 is 23.2 Å². The quantitative estimate of drug-likeness (QED) is 0.763. The van der Waals surface area contributed by atoms with Gasteiger partial charge >= 0.3 is 0 Å². The molecule has 0 aromatic heterocycles. The van der Waals surface area contributed by atoms with Gasteiger partial charge in [0.25, 0.3) is 0 Å². The number of carbonyl (C=O) groups is 1. The summed E-state index contributed by atoms with van der Waals surface area (Å²) in [6.45, 7) is 0.791. The maximum atomic E-state index is 14.2. The number of carbonyl (C=O) groups excluding carboxylic acids is 1. The van der Waals surface area contributed by atoms with E-state index in [0.29, 0.717) is 15.6 Å². The second-order valence-corrected chi connectivity index (χ2v) is 8.87. The summed E-state index contributed by atoms with van der Waals surface area (Å²) in [5, 5.41) is 3.36. The molecule has 1 heterocycles. The lowest BCUT2D eigenvalue weighted by Gasteiger charge is -2.26. The monoisotopic (exact) mass is 446 g/mol. The molecule has 0 unspecified atom stereocenters. The smallest absolute Gasteiger partial charge is 0.246 e. The van der Waals surface area contributed by atoms with Gasteiger partial charge in [0.1, 0.15) is 10.7 Å². The summed E-state index contributed by atoms with van der Waals surface area (Å²) >= 11 is 11.9. The highest BCUT2D eigenvalue weighted by Gasteiger charge is 2.29. The van der Waals surface area contributed by atoms with E-state index in [1.165, 1.54) is 12.1 Å². The topological polar surface area (TPSA) is 75.7 Å². The number of rotatable bonds is 5. The average Bonchev–Trinajstić information content (AvgIpc) is 2.66. The van der Waals surface area contributed by atoms with Crippen molar-refractivity contribution in [3.05, 3.63) is 57.8 Å². The van der Waals surface area contributed by atoms with Crippen LogP contribution in [0.15, 0.2) is 41.3 Å². The minimum atomic E-state index is -4.03. The van der Waals surface area contributed by atoms with Gasteiger partial charge < -0.3 is 10.1 Å². The van der Waals surface area contributed by atoms with Crippen LogP contribution in [0, 0.1) is 5.82 Å². The van der Waals surface area contributed by atoms with Crippen LogP contribution in [0.1, 0.15) is 5.56 Å². The van der Waals surface area contributed by atoms with Gasteiger partial charge in [-0.25, -0.2) is 12.8 Å². The van der Waals surface area contributed by atoms with Gasteiger partial charge in [-0.15, -0.1) is 0 Å². The molecule has 0 atom stereocenters. The van der Waals surface area contributed by atoms with Gasteiger partial charge in [0.15, 0.2) is 0 Å². The molecular formula is C18H17Cl2FN2O4S. The lowest BCUT2D eigenvalue weighted by molar-refractivity contribution is -0.115.